The molecular formula is C24H24Cl2F6N4O2. The molecule has 38 heavy (non-hydrogen) atoms. The van der Waals surface area contributed by atoms with Crippen molar-refractivity contribution in [3.8, 4) is 0 Å². The molecule has 6 nitrogen and oxygen atoms in total. The number of urea groups is 2. The van der Waals surface area contributed by atoms with Crippen molar-refractivity contribution in [3.63, 3.8) is 0 Å². The van der Waals surface area contributed by atoms with Crippen LogP contribution in [0.1, 0.15) is 36.8 Å². The van der Waals surface area contributed by atoms with Crippen molar-refractivity contribution >= 4 is 46.6 Å². The Labute approximate surface area is 224 Å². The molecule has 0 spiro atoms. The summed E-state index contributed by atoms with van der Waals surface area (Å²) in [5, 5.41) is 9.29. The van der Waals surface area contributed by atoms with Crippen LogP contribution in [0.5, 0.6) is 0 Å². The predicted octanol–water partition coefficient (Wildman–Crippen LogP) is 7.78. The lowest BCUT2D eigenvalue weighted by Crippen LogP contribution is -2.38. The summed E-state index contributed by atoms with van der Waals surface area (Å²) in [6.07, 6.45) is -6.50. The highest BCUT2D eigenvalue weighted by Gasteiger charge is 2.35. The number of hydrogen-bond acceptors (Lipinski definition) is 2. The molecule has 0 heterocycles. The van der Waals surface area contributed by atoms with E-state index in [0.717, 1.165) is 43.5 Å². The maximum absolute atomic E-state index is 13.2. The number of hydrogen-bond donors (Lipinski definition) is 4. The van der Waals surface area contributed by atoms with Crippen LogP contribution in [0.4, 0.5) is 47.3 Å². The van der Waals surface area contributed by atoms with Crippen LogP contribution in [-0.4, -0.2) is 25.2 Å². The molecule has 14 heteroatoms. The molecule has 4 amide bonds. The van der Waals surface area contributed by atoms with E-state index in [2.05, 4.69) is 21.3 Å². The Morgan fingerprint density at radius 1 is 0.737 bits per heavy atom. The molecule has 0 saturated heterocycles. The van der Waals surface area contributed by atoms with Gasteiger partial charge in [0.1, 0.15) is 0 Å². The molecule has 2 atom stereocenters. The van der Waals surface area contributed by atoms with Gasteiger partial charge in [-0.1, -0.05) is 29.6 Å². The number of halogens is 8. The predicted molar refractivity (Wildman–Crippen MR) is 132 cm³/mol. The van der Waals surface area contributed by atoms with E-state index < -0.39 is 46.9 Å². The number of benzene rings is 2. The normalized spacial score (nSPS) is 18.0. The highest BCUT2D eigenvalue weighted by Crippen LogP contribution is 2.37. The van der Waals surface area contributed by atoms with Gasteiger partial charge in [0.15, 0.2) is 0 Å². The molecule has 0 bridgehead atoms. The molecule has 0 radical (unpaired) electrons. The first-order valence-electron chi connectivity index (χ1n) is 11.6. The zero-order valence-corrected chi connectivity index (χ0v) is 21.2. The van der Waals surface area contributed by atoms with Crippen molar-refractivity contribution in [2.75, 3.05) is 23.7 Å². The molecule has 1 aliphatic rings. The molecular weight excluding hydrogens is 561 g/mol. The van der Waals surface area contributed by atoms with E-state index in [9.17, 15) is 35.9 Å². The number of nitrogens with one attached hydrogen (secondary N) is 4. The summed E-state index contributed by atoms with van der Waals surface area (Å²) < 4.78 is 79.3. The fourth-order valence-corrected chi connectivity index (χ4v) is 4.64. The first kappa shape index (κ1) is 29.7. The number of alkyl halides is 6. The Balaban J connectivity index is 1.48. The third-order valence-electron chi connectivity index (χ3n) is 6.06. The lowest BCUT2D eigenvalue weighted by molar-refractivity contribution is -0.137. The summed E-state index contributed by atoms with van der Waals surface area (Å²) in [7, 11) is 0. The van der Waals surface area contributed by atoms with E-state index in [1.54, 1.807) is 0 Å². The Kier molecular flexibility index (Phi) is 9.64. The van der Waals surface area contributed by atoms with Gasteiger partial charge in [-0.3, -0.25) is 0 Å². The number of carbonyl (C=O) groups is 2. The van der Waals surface area contributed by atoms with E-state index in [1.807, 2.05) is 0 Å². The van der Waals surface area contributed by atoms with Crippen LogP contribution in [0.2, 0.25) is 10.0 Å². The molecule has 2 aromatic carbocycles. The lowest BCUT2D eigenvalue weighted by Gasteiger charge is -2.29. The van der Waals surface area contributed by atoms with Crippen LogP contribution in [-0.2, 0) is 12.4 Å². The van der Waals surface area contributed by atoms with Crippen LogP contribution in [0.15, 0.2) is 36.4 Å². The van der Waals surface area contributed by atoms with E-state index in [4.69, 9.17) is 23.2 Å². The highest BCUT2D eigenvalue weighted by molar-refractivity contribution is 6.31. The lowest BCUT2D eigenvalue weighted by atomic mass is 9.81. The maximum atomic E-state index is 13.2. The first-order chi connectivity index (χ1) is 17.7. The van der Waals surface area contributed by atoms with Crippen LogP contribution >= 0.6 is 23.2 Å². The summed E-state index contributed by atoms with van der Waals surface area (Å²) >= 11 is 11.3. The molecule has 208 valence electrons. The summed E-state index contributed by atoms with van der Waals surface area (Å²) in [4.78, 5) is 24.5. The van der Waals surface area contributed by atoms with Crippen molar-refractivity contribution in [3.05, 3.63) is 57.6 Å². The molecule has 2 aromatic rings. The Morgan fingerprint density at radius 3 is 1.50 bits per heavy atom. The second-order valence-corrected chi connectivity index (χ2v) is 9.82. The molecule has 1 aliphatic carbocycles. The van der Waals surface area contributed by atoms with Gasteiger partial charge in [-0.2, -0.15) is 26.3 Å². The standard InChI is InChI=1S/C24H24Cl2F6N4O2/c25-15-4-6-19(17(9-15)23(27,28)29)35-21(37)33-11-13-2-1-3-14(8-13)12-34-22(38)36-20-7-5-16(26)10-18(20)24(30,31)32/h4-7,9-10,13-14H,1-3,8,11-12H2,(H2,33,35,37)(H2,34,36,38)/t13-,14-/m0/s1. The van der Waals surface area contributed by atoms with Crippen LogP contribution in [0.3, 0.4) is 0 Å². The Morgan fingerprint density at radius 2 is 1.13 bits per heavy atom. The first-order valence-corrected chi connectivity index (χ1v) is 12.3. The van der Waals surface area contributed by atoms with Crippen molar-refractivity contribution in [2.24, 2.45) is 11.8 Å². The quantitative estimate of drug-likeness (QED) is 0.261. The molecule has 4 N–H and O–H groups in total. The summed E-state index contributed by atoms with van der Waals surface area (Å²) in [5.74, 6) is 0.00882. The van der Waals surface area contributed by atoms with E-state index in [-0.39, 0.29) is 35.0 Å². The minimum atomic E-state index is -4.70. The Bertz CT molecular complexity index is 1070. The van der Waals surface area contributed by atoms with Gasteiger partial charge in [0, 0.05) is 23.1 Å². The zero-order valence-electron chi connectivity index (χ0n) is 19.7. The Hall–Kier alpha value is -2.86. The number of rotatable bonds is 6. The fraction of sp³-hybridized carbons (Fsp3) is 0.417. The van der Waals surface area contributed by atoms with Gasteiger partial charge in [0.05, 0.1) is 22.5 Å². The smallest absolute Gasteiger partial charge is 0.338 e. The van der Waals surface area contributed by atoms with E-state index >= 15 is 0 Å². The van der Waals surface area contributed by atoms with Gasteiger partial charge in [-0.05, 0) is 67.5 Å². The van der Waals surface area contributed by atoms with Crippen LogP contribution < -0.4 is 21.3 Å². The minimum absolute atomic E-state index is 0.00441. The van der Waals surface area contributed by atoms with Gasteiger partial charge in [-0.25, -0.2) is 9.59 Å². The molecule has 1 saturated carbocycles. The van der Waals surface area contributed by atoms with Crippen LogP contribution in [0.25, 0.3) is 0 Å². The van der Waals surface area contributed by atoms with Gasteiger partial charge in [0.25, 0.3) is 0 Å². The van der Waals surface area contributed by atoms with Crippen molar-refractivity contribution in [1.82, 2.24) is 10.6 Å². The van der Waals surface area contributed by atoms with E-state index in [0.29, 0.717) is 6.42 Å². The molecule has 3 rings (SSSR count). The third kappa shape index (κ3) is 8.59. The van der Waals surface area contributed by atoms with Gasteiger partial charge >= 0.3 is 24.4 Å². The SMILES string of the molecule is O=C(NC[C@H]1CCC[C@H](CNC(=O)Nc2ccc(Cl)cc2C(F)(F)F)C1)Nc1ccc(Cl)cc1C(F)(F)F. The van der Waals surface area contributed by atoms with Crippen LogP contribution in [0, 0.1) is 11.8 Å². The van der Waals surface area contributed by atoms with Crippen molar-refractivity contribution in [2.45, 2.75) is 38.0 Å². The van der Waals surface area contributed by atoms with Gasteiger partial charge < -0.3 is 21.3 Å². The average molecular weight is 585 g/mol. The summed E-state index contributed by atoms with van der Waals surface area (Å²) in [5.41, 5.74) is -2.98. The maximum Gasteiger partial charge on any atom is 0.418 e. The fourth-order valence-electron chi connectivity index (χ4n) is 4.30. The molecule has 0 unspecified atom stereocenters. The van der Waals surface area contributed by atoms with Gasteiger partial charge in [0.2, 0.25) is 0 Å². The molecule has 1 fully saturated rings. The number of anilines is 2. The summed E-state index contributed by atoms with van der Waals surface area (Å²) in [6.45, 7) is 0.395. The topological polar surface area (TPSA) is 82.3 Å². The van der Waals surface area contributed by atoms with Gasteiger partial charge in [-0.15, -0.1) is 0 Å². The second kappa shape index (κ2) is 12.3. The highest BCUT2D eigenvalue weighted by atomic mass is 35.5. The molecule has 0 aromatic heterocycles. The number of amides is 4. The monoisotopic (exact) mass is 584 g/mol. The molecule has 0 aliphatic heterocycles. The van der Waals surface area contributed by atoms with E-state index in [1.165, 1.54) is 12.1 Å². The number of carbonyl (C=O) groups excluding carboxylic acids is 2. The third-order valence-corrected chi connectivity index (χ3v) is 6.53. The zero-order chi connectivity index (χ0) is 28.1. The average Bonchev–Trinajstić information content (AvgIpc) is 2.83. The largest absolute Gasteiger partial charge is 0.418 e. The van der Waals surface area contributed by atoms with Crippen molar-refractivity contribution < 1.29 is 35.9 Å². The minimum Gasteiger partial charge on any atom is -0.338 e. The second-order valence-electron chi connectivity index (χ2n) is 8.94. The van der Waals surface area contributed by atoms with Crippen molar-refractivity contribution in [1.29, 1.82) is 0 Å². The summed E-state index contributed by atoms with van der Waals surface area (Å²) in [6, 6.07) is 4.45.